The van der Waals surface area contributed by atoms with Crippen molar-refractivity contribution in [3.63, 3.8) is 0 Å². The highest BCUT2D eigenvalue weighted by atomic mass is 19.1. The number of ether oxygens (including phenoxy) is 1. The highest BCUT2D eigenvalue weighted by Crippen LogP contribution is 2.27. The molecule has 0 saturated heterocycles. The number of nitrogens with zero attached hydrogens (tertiary/aromatic N) is 3. The maximum Gasteiger partial charge on any atom is 0.259 e. The van der Waals surface area contributed by atoms with E-state index >= 15 is 0 Å². The van der Waals surface area contributed by atoms with Gasteiger partial charge in [0.25, 0.3) is 11.8 Å². The normalized spacial score (nSPS) is 19.3. The molecular weight excluding hydrogens is 453 g/mol. The summed E-state index contributed by atoms with van der Waals surface area (Å²) >= 11 is 0. The molecule has 1 aromatic heterocycles. The summed E-state index contributed by atoms with van der Waals surface area (Å²) < 4.78 is 19.4. The molecule has 1 aliphatic heterocycles. The number of carbonyl (C=O) groups is 2. The number of likely N-dealkylation sites (N-methyl/N-ethyl adjacent to an activating group) is 1. The second-order valence-electron chi connectivity index (χ2n) is 8.84. The molecule has 1 aromatic carbocycles. The Balaban J connectivity index is 1.94. The standard InChI is InChI=1S/C26H30FN3O5/c1-16-13-30(17(2)15-31)26(34)22-11-19(6-5-18(3)32)12-28-24(22)35-23(16)14-29(4)25(33)20-7-9-21(27)10-8-20/h7-12,16-18,23,31-32H,13-15H2,1-4H3/t16-,17-,18-,23-/m0/s1. The number of aliphatic hydroxyl groups excluding tert-OH is 2. The summed E-state index contributed by atoms with van der Waals surface area (Å²) in [5.74, 6) is 4.23. The molecule has 186 valence electrons. The molecule has 0 bridgehead atoms. The van der Waals surface area contributed by atoms with Gasteiger partial charge in [-0.3, -0.25) is 9.59 Å². The number of pyridine rings is 1. The molecule has 9 heteroatoms. The number of amides is 2. The molecule has 2 amide bonds. The lowest BCUT2D eigenvalue weighted by molar-refractivity contribution is 0.0313. The van der Waals surface area contributed by atoms with E-state index in [1.54, 1.807) is 24.9 Å². The van der Waals surface area contributed by atoms with Crippen molar-refractivity contribution in [3.05, 3.63) is 59.0 Å². The highest BCUT2D eigenvalue weighted by molar-refractivity contribution is 5.97. The van der Waals surface area contributed by atoms with Crippen LogP contribution in [-0.4, -0.2) is 81.8 Å². The third kappa shape index (κ3) is 6.35. The van der Waals surface area contributed by atoms with Gasteiger partial charge in [-0.25, -0.2) is 9.37 Å². The second kappa shape index (κ2) is 11.3. The molecule has 0 radical (unpaired) electrons. The van der Waals surface area contributed by atoms with Gasteiger partial charge in [0.15, 0.2) is 0 Å². The highest BCUT2D eigenvalue weighted by Gasteiger charge is 2.34. The zero-order chi connectivity index (χ0) is 25.7. The lowest BCUT2D eigenvalue weighted by Crippen LogP contribution is -2.50. The van der Waals surface area contributed by atoms with Gasteiger partial charge < -0.3 is 24.7 Å². The Bertz CT molecular complexity index is 1130. The summed E-state index contributed by atoms with van der Waals surface area (Å²) in [5, 5.41) is 19.2. The molecule has 8 nitrogen and oxygen atoms in total. The van der Waals surface area contributed by atoms with Crippen LogP contribution in [0.2, 0.25) is 0 Å². The first kappa shape index (κ1) is 26.1. The van der Waals surface area contributed by atoms with Gasteiger partial charge in [0, 0.05) is 36.8 Å². The second-order valence-corrected chi connectivity index (χ2v) is 8.84. The molecule has 2 N–H and O–H groups in total. The Morgan fingerprint density at radius 1 is 1.34 bits per heavy atom. The first-order valence-corrected chi connectivity index (χ1v) is 11.4. The monoisotopic (exact) mass is 483 g/mol. The predicted molar refractivity (Wildman–Crippen MR) is 127 cm³/mol. The van der Waals surface area contributed by atoms with Gasteiger partial charge in [-0.05, 0) is 44.2 Å². The Labute approximate surface area is 204 Å². The fourth-order valence-corrected chi connectivity index (χ4v) is 3.74. The number of aromatic nitrogens is 1. The smallest absolute Gasteiger partial charge is 0.259 e. The van der Waals surface area contributed by atoms with Crippen molar-refractivity contribution in [1.29, 1.82) is 0 Å². The van der Waals surface area contributed by atoms with E-state index in [1.807, 2.05) is 6.92 Å². The number of aliphatic hydroxyl groups is 2. The molecule has 0 fully saturated rings. The van der Waals surface area contributed by atoms with E-state index in [1.165, 1.54) is 42.3 Å². The van der Waals surface area contributed by atoms with E-state index < -0.39 is 24.1 Å². The van der Waals surface area contributed by atoms with Crippen molar-refractivity contribution in [2.75, 3.05) is 26.7 Å². The number of hydrogen-bond acceptors (Lipinski definition) is 6. The van der Waals surface area contributed by atoms with Gasteiger partial charge in [0.05, 0.1) is 19.2 Å². The molecule has 0 saturated carbocycles. The minimum atomic E-state index is -0.839. The van der Waals surface area contributed by atoms with Crippen LogP contribution >= 0.6 is 0 Å². The number of fused-ring (bicyclic) bond motifs is 1. The van der Waals surface area contributed by atoms with Crippen molar-refractivity contribution in [3.8, 4) is 17.7 Å². The Morgan fingerprint density at radius 2 is 2.03 bits per heavy atom. The topological polar surface area (TPSA) is 103 Å². The fraction of sp³-hybridized carbons (Fsp3) is 0.423. The van der Waals surface area contributed by atoms with Crippen molar-refractivity contribution in [2.45, 2.75) is 39.0 Å². The summed E-state index contributed by atoms with van der Waals surface area (Å²) in [6.45, 7) is 5.43. The number of rotatable bonds is 5. The van der Waals surface area contributed by atoms with Crippen molar-refractivity contribution >= 4 is 11.8 Å². The van der Waals surface area contributed by atoms with Crippen molar-refractivity contribution < 1.29 is 28.9 Å². The average Bonchev–Trinajstić information content (AvgIpc) is 2.84. The zero-order valence-electron chi connectivity index (χ0n) is 20.2. The molecule has 3 rings (SSSR count). The zero-order valence-corrected chi connectivity index (χ0v) is 20.2. The van der Waals surface area contributed by atoms with Gasteiger partial charge in [0.2, 0.25) is 5.88 Å². The van der Waals surface area contributed by atoms with Crippen LogP contribution in [0.5, 0.6) is 5.88 Å². The molecule has 2 aromatic rings. The van der Waals surface area contributed by atoms with Crippen molar-refractivity contribution in [2.24, 2.45) is 5.92 Å². The third-order valence-electron chi connectivity index (χ3n) is 5.84. The predicted octanol–water partition coefficient (Wildman–Crippen LogP) is 1.95. The average molecular weight is 484 g/mol. The van der Waals surface area contributed by atoms with Crippen LogP contribution in [0, 0.1) is 23.6 Å². The van der Waals surface area contributed by atoms with E-state index in [0.29, 0.717) is 11.1 Å². The van der Waals surface area contributed by atoms with Crippen LogP contribution in [0.15, 0.2) is 36.5 Å². The number of hydrogen-bond donors (Lipinski definition) is 2. The first-order valence-electron chi connectivity index (χ1n) is 11.4. The summed E-state index contributed by atoms with van der Waals surface area (Å²) in [7, 11) is 1.63. The largest absolute Gasteiger partial charge is 0.472 e. The maximum atomic E-state index is 13.4. The maximum absolute atomic E-state index is 13.4. The fourth-order valence-electron chi connectivity index (χ4n) is 3.74. The van der Waals surface area contributed by atoms with Crippen LogP contribution in [0.3, 0.4) is 0 Å². The van der Waals surface area contributed by atoms with Gasteiger partial charge in [-0.2, -0.15) is 0 Å². The minimum absolute atomic E-state index is 0.104. The van der Waals surface area contributed by atoms with Crippen LogP contribution in [-0.2, 0) is 0 Å². The molecule has 2 heterocycles. The van der Waals surface area contributed by atoms with E-state index in [2.05, 4.69) is 16.8 Å². The summed E-state index contributed by atoms with van der Waals surface area (Å²) in [6, 6.07) is 6.40. The van der Waals surface area contributed by atoms with Crippen LogP contribution < -0.4 is 4.74 Å². The van der Waals surface area contributed by atoms with E-state index in [-0.39, 0.29) is 48.9 Å². The van der Waals surface area contributed by atoms with E-state index in [0.717, 1.165) is 0 Å². The SMILES string of the molecule is C[C@H](O)C#Cc1cnc2c(c1)C(=O)N([C@@H](C)CO)C[C@H](C)[C@H](CN(C)C(=O)c1ccc(F)cc1)O2. The summed E-state index contributed by atoms with van der Waals surface area (Å²) in [5.41, 5.74) is 0.969. The number of benzene rings is 1. The number of carbonyl (C=O) groups excluding carboxylic acids is 2. The number of halogens is 1. The summed E-state index contributed by atoms with van der Waals surface area (Å²) in [6.07, 6.45) is 0.0960. The molecule has 4 atom stereocenters. The quantitative estimate of drug-likeness (QED) is 0.631. The summed E-state index contributed by atoms with van der Waals surface area (Å²) in [4.78, 5) is 33.6. The lowest BCUT2D eigenvalue weighted by atomic mass is 9.99. The van der Waals surface area contributed by atoms with Gasteiger partial charge in [0.1, 0.15) is 23.6 Å². The molecule has 0 aliphatic carbocycles. The van der Waals surface area contributed by atoms with Crippen LogP contribution in [0.25, 0.3) is 0 Å². The van der Waals surface area contributed by atoms with Crippen molar-refractivity contribution in [1.82, 2.24) is 14.8 Å². The van der Waals surface area contributed by atoms with Gasteiger partial charge >= 0.3 is 0 Å². The Kier molecular flexibility index (Phi) is 8.43. The first-order chi connectivity index (χ1) is 16.6. The van der Waals surface area contributed by atoms with E-state index in [4.69, 9.17) is 4.74 Å². The van der Waals surface area contributed by atoms with Gasteiger partial charge in [-0.1, -0.05) is 18.8 Å². The Hall–Kier alpha value is -3.48. The molecule has 0 unspecified atom stereocenters. The third-order valence-corrected chi connectivity index (χ3v) is 5.84. The van der Waals surface area contributed by atoms with Crippen LogP contribution in [0.4, 0.5) is 4.39 Å². The van der Waals surface area contributed by atoms with Gasteiger partial charge in [-0.15, -0.1) is 0 Å². The van der Waals surface area contributed by atoms with Crippen LogP contribution in [0.1, 0.15) is 47.1 Å². The molecule has 35 heavy (non-hydrogen) atoms. The minimum Gasteiger partial charge on any atom is -0.472 e. The molecule has 1 aliphatic rings. The molecular formula is C26H30FN3O5. The molecule has 0 spiro atoms. The lowest BCUT2D eigenvalue weighted by Gasteiger charge is -2.37. The Morgan fingerprint density at radius 3 is 2.66 bits per heavy atom. The van der Waals surface area contributed by atoms with E-state index in [9.17, 15) is 24.2 Å².